The van der Waals surface area contributed by atoms with Crippen molar-refractivity contribution in [1.82, 2.24) is 19.9 Å². The van der Waals surface area contributed by atoms with Crippen LogP contribution in [0.15, 0.2) is 53.5 Å². The number of rotatable bonds is 4. The molecule has 0 spiro atoms. The number of alkyl halides is 3. The number of benzene rings is 2. The Balaban J connectivity index is 1.80. The topological polar surface area (TPSA) is 79.3 Å². The number of H-pyrrole nitrogens is 1. The van der Waals surface area contributed by atoms with Crippen molar-refractivity contribution in [2.24, 2.45) is 0 Å². The van der Waals surface area contributed by atoms with E-state index in [0.717, 1.165) is 15.6 Å². The zero-order chi connectivity index (χ0) is 24.8. The van der Waals surface area contributed by atoms with Gasteiger partial charge in [-0.15, -0.1) is 0 Å². The zero-order valence-electron chi connectivity index (χ0n) is 18.4. The van der Waals surface area contributed by atoms with Gasteiger partial charge in [0.1, 0.15) is 16.9 Å². The molecule has 4 aromatic rings. The molecule has 1 unspecified atom stereocenters. The summed E-state index contributed by atoms with van der Waals surface area (Å²) >= 11 is 0. The summed E-state index contributed by atoms with van der Waals surface area (Å²) in [7, 11) is 0. The maximum Gasteiger partial charge on any atom is 0.421 e. The largest absolute Gasteiger partial charge is 0.421 e. The van der Waals surface area contributed by atoms with Gasteiger partial charge in [0.05, 0.1) is 17.9 Å². The van der Waals surface area contributed by atoms with Crippen LogP contribution in [0.5, 0.6) is 0 Å². The average Bonchev–Trinajstić information content (AvgIpc) is 3.17. The predicted octanol–water partition coefficient (Wildman–Crippen LogP) is 4.96. The number of fused-ring (bicyclic) bond motifs is 1. The first-order valence-corrected chi connectivity index (χ1v) is 10.3. The fourth-order valence-electron chi connectivity index (χ4n) is 3.66. The third-order valence-electron chi connectivity index (χ3n) is 5.66. The van der Waals surface area contributed by atoms with Gasteiger partial charge in [-0.05, 0) is 61.2 Å². The first-order valence-electron chi connectivity index (χ1n) is 10.3. The first kappa shape index (κ1) is 23.2. The summed E-state index contributed by atoms with van der Waals surface area (Å²) in [6, 6.07) is 9.79. The third-order valence-corrected chi connectivity index (χ3v) is 5.66. The second-order valence-corrected chi connectivity index (χ2v) is 8.06. The van der Waals surface area contributed by atoms with E-state index >= 15 is 0 Å². The van der Waals surface area contributed by atoms with E-state index in [1.54, 1.807) is 19.1 Å². The van der Waals surface area contributed by atoms with Crippen molar-refractivity contribution < 1.29 is 22.4 Å². The van der Waals surface area contributed by atoms with Crippen LogP contribution in [0.2, 0.25) is 0 Å². The van der Waals surface area contributed by atoms with Gasteiger partial charge in [0, 0.05) is 0 Å². The minimum Gasteiger partial charge on any atom is -0.344 e. The highest BCUT2D eigenvalue weighted by molar-refractivity contribution is 5.96. The number of hydrogen-bond acceptors (Lipinski definition) is 3. The van der Waals surface area contributed by atoms with Crippen LogP contribution in [0.1, 0.15) is 45.7 Å². The van der Waals surface area contributed by atoms with Crippen molar-refractivity contribution in [3.05, 3.63) is 92.8 Å². The van der Waals surface area contributed by atoms with Crippen LogP contribution >= 0.6 is 0 Å². The van der Waals surface area contributed by atoms with Crippen molar-refractivity contribution in [3.63, 3.8) is 0 Å². The number of nitrogens with zero attached hydrogens (tertiary/aromatic N) is 2. The van der Waals surface area contributed by atoms with Crippen molar-refractivity contribution >= 4 is 11.4 Å². The van der Waals surface area contributed by atoms with E-state index in [1.807, 2.05) is 19.9 Å². The number of aromatic nitrogens is 3. The Bertz CT molecular complexity index is 1450. The second-order valence-electron chi connectivity index (χ2n) is 8.06. The smallest absolute Gasteiger partial charge is 0.344 e. The van der Waals surface area contributed by atoms with E-state index < -0.39 is 46.3 Å². The van der Waals surface area contributed by atoms with Gasteiger partial charge in [-0.3, -0.25) is 9.59 Å². The lowest BCUT2D eigenvalue weighted by Gasteiger charge is -2.14. The van der Waals surface area contributed by atoms with Crippen molar-refractivity contribution in [1.29, 1.82) is 0 Å². The van der Waals surface area contributed by atoms with E-state index in [-0.39, 0.29) is 5.69 Å². The summed E-state index contributed by atoms with van der Waals surface area (Å²) < 4.78 is 55.8. The van der Waals surface area contributed by atoms with Gasteiger partial charge in [-0.2, -0.15) is 18.3 Å². The van der Waals surface area contributed by atoms with E-state index in [1.165, 1.54) is 30.5 Å². The monoisotopic (exact) mass is 472 g/mol. The van der Waals surface area contributed by atoms with E-state index in [0.29, 0.717) is 11.1 Å². The molecular weight excluding hydrogens is 452 g/mol. The van der Waals surface area contributed by atoms with Crippen LogP contribution in [0.4, 0.5) is 17.6 Å². The lowest BCUT2D eigenvalue weighted by Crippen LogP contribution is -2.29. The molecule has 1 atom stereocenters. The minimum absolute atomic E-state index is 0.253. The average molecular weight is 472 g/mol. The van der Waals surface area contributed by atoms with Crippen molar-refractivity contribution in [2.75, 3.05) is 0 Å². The number of aryl methyl sites for hydroxylation is 2. The van der Waals surface area contributed by atoms with Gasteiger partial charge >= 0.3 is 6.18 Å². The standard InChI is InChI=1S/C24H20F4N4O2/c1-12-4-5-16(10-13(12)2)18-11-32-21(23(34)30-18)19(24(26,27)28)20(31-32)22(33)29-14(3)15-6-8-17(25)9-7-15/h4-11,14H,1-3H3,(H,29,33)(H,30,34). The molecule has 0 saturated carbocycles. The van der Waals surface area contributed by atoms with Crippen LogP contribution in [0.3, 0.4) is 0 Å². The summed E-state index contributed by atoms with van der Waals surface area (Å²) in [6.45, 7) is 5.32. The Labute approximate surface area is 191 Å². The van der Waals surface area contributed by atoms with Crippen LogP contribution in [0, 0.1) is 19.7 Å². The fraction of sp³-hybridized carbons (Fsp3) is 0.208. The molecule has 176 valence electrons. The molecule has 6 nitrogen and oxygen atoms in total. The number of aromatic amines is 1. The summed E-state index contributed by atoms with van der Waals surface area (Å²) in [5.74, 6) is -1.60. The minimum atomic E-state index is -5.01. The molecule has 2 N–H and O–H groups in total. The van der Waals surface area contributed by atoms with Gasteiger partial charge in [0.15, 0.2) is 5.69 Å². The number of halogens is 4. The first-order chi connectivity index (χ1) is 16.0. The zero-order valence-corrected chi connectivity index (χ0v) is 18.4. The molecule has 1 amide bonds. The molecule has 0 aliphatic carbocycles. The molecule has 0 saturated heterocycles. The van der Waals surface area contributed by atoms with Gasteiger partial charge in [0.25, 0.3) is 11.5 Å². The molecule has 0 radical (unpaired) electrons. The molecule has 0 aliphatic heterocycles. The molecule has 2 heterocycles. The Hall–Kier alpha value is -3.95. The fourth-order valence-corrected chi connectivity index (χ4v) is 3.66. The highest BCUT2D eigenvalue weighted by Gasteiger charge is 2.41. The number of amides is 1. The molecule has 34 heavy (non-hydrogen) atoms. The van der Waals surface area contributed by atoms with E-state index in [4.69, 9.17) is 0 Å². The molecule has 0 aliphatic rings. The van der Waals surface area contributed by atoms with Crippen LogP contribution in [0.25, 0.3) is 16.8 Å². The number of hydrogen-bond donors (Lipinski definition) is 2. The Morgan fingerprint density at radius 2 is 1.76 bits per heavy atom. The van der Waals surface area contributed by atoms with Gasteiger partial charge < -0.3 is 10.3 Å². The molecule has 10 heteroatoms. The molecule has 2 aromatic heterocycles. The lowest BCUT2D eigenvalue weighted by atomic mass is 10.0. The number of carbonyl (C=O) groups excluding carboxylic acids is 1. The lowest BCUT2D eigenvalue weighted by molar-refractivity contribution is -0.136. The maximum atomic E-state index is 13.9. The number of carbonyl (C=O) groups is 1. The molecule has 0 bridgehead atoms. The van der Waals surface area contributed by atoms with Gasteiger partial charge in [-0.1, -0.05) is 24.3 Å². The molecular formula is C24H20F4N4O2. The maximum absolute atomic E-state index is 13.9. The van der Waals surface area contributed by atoms with Crippen molar-refractivity contribution in [2.45, 2.75) is 33.0 Å². The summed E-state index contributed by atoms with van der Waals surface area (Å²) in [4.78, 5) is 28.0. The molecule has 0 fully saturated rings. The third kappa shape index (κ3) is 4.30. The second kappa shape index (κ2) is 8.44. The van der Waals surface area contributed by atoms with Crippen molar-refractivity contribution in [3.8, 4) is 11.3 Å². The van der Waals surface area contributed by atoms with Crippen LogP contribution in [-0.2, 0) is 6.18 Å². The summed E-state index contributed by atoms with van der Waals surface area (Å²) in [5.41, 5.74) is -0.883. The molecule has 4 rings (SSSR count). The molecule has 2 aromatic carbocycles. The Morgan fingerprint density at radius 3 is 2.38 bits per heavy atom. The quantitative estimate of drug-likeness (QED) is 0.413. The van der Waals surface area contributed by atoms with Crippen LogP contribution in [-0.4, -0.2) is 20.5 Å². The normalized spacial score (nSPS) is 12.7. The highest BCUT2D eigenvalue weighted by atomic mass is 19.4. The Kier molecular flexibility index (Phi) is 5.76. The van der Waals surface area contributed by atoms with E-state index in [2.05, 4.69) is 15.4 Å². The number of nitrogens with one attached hydrogen (secondary N) is 2. The SMILES string of the molecule is Cc1ccc(-c2cn3nc(C(=O)NC(C)c4ccc(F)cc4)c(C(F)(F)F)c3c(=O)[nH]2)cc1C. The van der Waals surface area contributed by atoms with Gasteiger partial charge in [-0.25, -0.2) is 8.91 Å². The summed E-state index contributed by atoms with van der Waals surface area (Å²) in [6.07, 6.45) is -3.77. The Morgan fingerprint density at radius 1 is 1.09 bits per heavy atom. The highest BCUT2D eigenvalue weighted by Crippen LogP contribution is 2.35. The van der Waals surface area contributed by atoms with Gasteiger partial charge in [0.2, 0.25) is 0 Å². The predicted molar refractivity (Wildman–Crippen MR) is 118 cm³/mol. The van der Waals surface area contributed by atoms with E-state index in [9.17, 15) is 27.2 Å². The summed E-state index contributed by atoms with van der Waals surface area (Å²) in [5, 5.41) is 6.27. The van der Waals surface area contributed by atoms with Crippen LogP contribution < -0.4 is 10.9 Å².